The average Bonchev–Trinajstić information content (AvgIpc) is 2.11. The van der Waals surface area contributed by atoms with Crippen molar-refractivity contribution in [1.82, 2.24) is 9.88 Å². The predicted molar refractivity (Wildman–Crippen MR) is 63.1 cm³/mol. The van der Waals surface area contributed by atoms with Crippen LogP contribution >= 0.6 is 0 Å². The SMILES string of the molecule is CNCc1ccc(C(C)(C)C)n(C)c1=O. The Morgan fingerprint density at radius 3 is 2.40 bits per heavy atom. The van der Waals surface area contributed by atoms with E-state index in [1.165, 1.54) is 0 Å². The van der Waals surface area contributed by atoms with Crippen LogP contribution in [0.5, 0.6) is 0 Å². The number of rotatable bonds is 2. The number of pyridine rings is 1. The third-order valence-electron chi connectivity index (χ3n) is 2.52. The van der Waals surface area contributed by atoms with Gasteiger partial charge < -0.3 is 9.88 Å². The van der Waals surface area contributed by atoms with Gasteiger partial charge in [-0.15, -0.1) is 0 Å². The summed E-state index contributed by atoms with van der Waals surface area (Å²) in [6.45, 7) is 6.95. The summed E-state index contributed by atoms with van der Waals surface area (Å²) in [5, 5.41) is 3.00. The van der Waals surface area contributed by atoms with E-state index >= 15 is 0 Å². The molecule has 0 atom stereocenters. The van der Waals surface area contributed by atoms with Crippen LogP contribution in [0.3, 0.4) is 0 Å². The molecule has 0 saturated heterocycles. The second kappa shape index (κ2) is 4.19. The molecule has 1 rings (SSSR count). The quantitative estimate of drug-likeness (QED) is 0.797. The molecule has 0 aliphatic heterocycles. The molecule has 1 N–H and O–H groups in total. The first-order chi connectivity index (χ1) is 6.88. The molecule has 0 aliphatic carbocycles. The van der Waals surface area contributed by atoms with Gasteiger partial charge >= 0.3 is 0 Å². The molecular weight excluding hydrogens is 188 g/mol. The molecule has 0 bridgehead atoms. The van der Waals surface area contributed by atoms with Gasteiger partial charge in [-0.1, -0.05) is 26.8 Å². The molecule has 15 heavy (non-hydrogen) atoms. The summed E-state index contributed by atoms with van der Waals surface area (Å²) in [6.07, 6.45) is 0. The van der Waals surface area contributed by atoms with Crippen molar-refractivity contribution >= 4 is 0 Å². The van der Waals surface area contributed by atoms with Crippen molar-refractivity contribution in [2.24, 2.45) is 7.05 Å². The van der Waals surface area contributed by atoms with Crippen LogP contribution in [0, 0.1) is 0 Å². The molecule has 1 aromatic heterocycles. The van der Waals surface area contributed by atoms with Crippen molar-refractivity contribution in [3.05, 3.63) is 33.7 Å². The highest BCUT2D eigenvalue weighted by Crippen LogP contribution is 2.20. The van der Waals surface area contributed by atoms with Crippen LogP contribution in [0.4, 0.5) is 0 Å². The molecule has 0 spiro atoms. The van der Waals surface area contributed by atoms with Crippen LogP contribution in [0.25, 0.3) is 0 Å². The van der Waals surface area contributed by atoms with E-state index in [9.17, 15) is 4.79 Å². The van der Waals surface area contributed by atoms with Crippen molar-refractivity contribution in [3.63, 3.8) is 0 Å². The van der Waals surface area contributed by atoms with Gasteiger partial charge in [0.15, 0.2) is 0 Å². The van der Waals surface area contributed by atoms with Crippen LogP contribution in [-0.2, 0) is 19.0 Å². The molecule has 3 nitrogen and oxygen atoms in total. The number of nitrogens with zero attached hydrogens (tertiary/aromatic N) is 1. The lowest BCUT2D eigenvalue weighted by atomic mass is 9.91. The fraction of sp³-hybridized carbons (Fsp3) is 0.583. The molecule has 3 heteroatoms. The Hall–Kier alpha value is -1.09. The summed E-state index contributed by atoms with van der Waals surface area (Å²) < 4.78 is 1.74. The smallest absolute Gasteiger partial charge is 0.255 e. The summed E-state index contributed by atoms with van der Waals surface area (Å²) in [6, 6.07) is 3.95. The summed E-state index contributed by atoms with van der Waals surface area (Å²) >= 11 is 0. The van der Waals surface area contributed by atoms with Crippen LogP contribution in [-0.4, -0.2) is 11.6 Å². The summed E-state index contributed by atoms with van der Waals surface area (Å²) in [7, 11) is 3.68. The predicted octanol–water partition coefficient (Wildman–Crippen LogP) is 1.40. The van der Waals surface area contributed by atoms with Gasteiger partial charge in [-0.25, -0.2) is 0 Å². The molecule has 0 aliphatic rings. The molecule has 0 saturated carbocycles. The Kier molecular flexibility index (Phi) is 3.35. The maximum Gasteiger partial charge on any atom is 0.255 e. The van der Waals surface area contributed by atoms with E-state index in [4.69, 9.17) is 0 Å². The second-order valence-corrected chi connectivity index (χ2v) is 4.89. The van der Waals surface area contributed by atoms with E-state index in [1.807, 2.05) is 26.2 Å². The Labute approximate surface area is 91.1 Å². The Bertz CT molecular complexity index is 399. The zero-order chi connectivity index (χ0) is 11.6. The Balaban J connectivity index is 3.28. The van der Waals surface area contributed by atoms with E-state index < -0.39 is 0 Å². The van der Waals surface area contributed by atoms with Crippen LogP contribution in [0.15, 0.2) is 16.9 Å². The van der Waals surface area contributed by atoms with Gasteiger partial charge in [-0.2, -0.15) is 0 Å². The minimum absolute atomic E-state index is 0.00603. The normalized spacial score (nSPS) is 11.8. The van der Waals surface area contributed by atoms with Gasteiger partial charge in [0.1, 0.15) is 0 Å². The molecule has 0 amide bonds. The molecule has 1 aromatic rings. The first-order valence-electron chi connectivity index (χ1n) is 5.22. The van der Waals surface area contributed by atoms with Gasteiger partial charge in [0.25, 0.3) is 5.56 Å². The zero-order valence-corrected chi connectivity index (χ0v) is 10.2. The zero-order valence-electron chi connectivity index (χ0n) is 10.2. The largest absolute Gasteiger partial charge is 0.315 e. The monoisotopic (exact) mass is 208 g/mol. The van der Waals surface area contributed by atoms with Crippen molar-refractivity contribution < 1.29 is 0 Å². The minimum Gasteiger partial charge on any atom is -0.315 e. The highest BCUT2D eigenvalue weighted by atomic mass is 16.1. The highest BCUT2D eigenvalue weighted by molar-refractivity contribution is 5.20. The van der Waals surface area contributed by atoms with Crippen molar-refractivity contribution in [1.29, 1.82) is 0 Å². The lowest BCUT2D eigenvalue weighted by Gasteiger charge is -2.22. The standard InChI is InChI=1S/C12H20N2O/c1-12(2,3)10-7-6-9(8-13-4)11(15)14(10)5/h6-7,13H,8H2,1-5H3. The second-order valence-electron chi connectivity index (χ2n) is 4.89. The first kappa shape index (κ1) is 12.0. The number of nitrogens with one attached hydrogen (secondary N) is 1. The number of hydrogen-bond acceptors (Lipinski definition) is 2. The Morgan fingerprint density at radius 1 is 1.33 bits per heavy atom. The molecule has 0 radical (unpaired) electrons. The number of aromatic nitrogens is 1. The fourth-order valence-electron chi connectivity index (χ4n) is 1.77. The topological polar surface area (TPSA) is 34.0 Å². The third kappa shape index (κ3) is 2.48. The highest BCUT2D eigenvalue weighted by Gasteiger charge is 2.17. The minimum atomic E-state index is 0.00603. The molecule has 0 unspecified atom stereocenters. The first-order valence-corrected chi connectivity index (χ1v) is 5.22. The molecular formula is C12H20N2O. The Morgan fingerprint density at radius 2 is 1.93 bits per heavy atom. The molecule has 84 valence electrons. The van der Waals surface area contributed by atoms with Gasteiger partial charge in [0, 0.05) is 30.3 Å². The van der Waals surface area contributed by atoms with Gasteiger partial charge in [-0.05, 0) is 13.1 Å². The van der Waals surface area contributed by atoms with E-state index in [0.29, 0.717) is 6.54 Å². The summed E-state index contributed by atoms with van der Waals surface area (Å²) in [5.74, 6) is 0. The van der Waals surface area contributed by atoms with Gasteiger partial charge in [-0.3, -0.25) is 4.79 Å². The van der Waals surface area contributed by atoms with Crippen molar-refractivity contribution in [2.75, 3.05) is 7.05 Å². The summed E-state index contributed by atoms with van der Waals surface area (Å²) in [4.78, 5) is 11.9. The molecule has 1 heterocycles. The molecule has 0 aromatic carbocycles. The van der Waals surface area contributed by atoms with Gasteiger partial charge in [0.05, 0.1) is 0 Å². The fourth-order valence-corrected chi connectivity index (χ4v) is 1.77. The maximum atomic E-state index is 11.9. The maximum absolute atomic E-state index is 11.9. The van der Waals surface area contributed by atoms with Crippen molar-refractivity contribution in [3.8, 4) is 0 Å². The van der Waals surface area contributed by atoms with Crippen LogP contribution in [0.1, 0.15) is 32.0 Å². The number of hydrogen-bond donors (Lipinski definition) is 1. The van der Waals surface area contributed by atoms with E-state index in [-0.39, 0.29) is 11.0 Å². The lowest BCUT2D eigenvalue weighted by molar-refractivity contribution is 0.528. The average molecular weight is 208 g/mol. The summed E-state index contributed by atoms with van der Waals surface area (Å²) in [5.41, 5.74) is 1.98. The van der Waals surface area contributed by atoms with Crippen LogP contribution in [0.2, 0.25) is 0 Å². The molecule has 0 fully saturated rings. The van der Waals surface area contributed by atoms with E-state index in [0.717, 1.165) is 11.3 Å². The van der Waals surface area contributed by atoms with Gasteiger partial charge in [0.2, 0.25) is 0 Å². The third-order valence-corrected chi connectivity index (χ3v) is 2.52. The lowest BCUT2D eigenvalue weighted by Crippen LogP contribution is -2.30. The van der Waals surface area contributed by atoms with E-state index in [1.54, 1.807) is 4.57 Å². The van der Waals surface area contributed by atoms with E-state index in [2.05, 4.69) is 26.1 Å². The van der Waals surface area contributed by atoms with Crippen LogP contribution < -0.4 is 10.9 Å². The van der Waals surface area contributed by atoms with Crippen molar-refractivity contribution in [2.45, 2.75) is 32.7 Å².